The Hall–Kier alpha value is -3.68. The molecular weight excluding hydrogens is 386 g/mol. The fraction of sp³-hybridized carbons (Fsp3) is 0.273. The lowest BCUT2D eigenvalue weighted by atomic mass is 10.1. The number of esters is 1. The standard InChI is InChI=1S/C22H23N3O5/c1-13(2)30-22(29)14-7-9-15(10-8-14)23-19(26)12-11-18-21(28)24-17-6-4-3-5-16(17)20(27)25-18/h3-10,13,18H,11-12H2,1-2H3,(H,23,26)(H,24,28)(H,25,27). The summed E-state index contributed by atoms with van der Waals surface area (Å²) in [5.74, 6) is -1.47. The molecule has 8 nitrogen and oxygen atoms in total. The highest BCUT2D eigenvalue weighted by Gasteiger charge is 2.27. The van der Waals surface area contributed by atoms with Crippen LogP contribution in [-0.2, 0) is 14.3 Å². The van der Waals surface area contributed by atoms with E-state index in [-0.39, 0.29) is 36.7 Å². The summed E-state index contributed by atoms with van der Waals surface area (Å²) >= 11 is 0. The van der Waals surface area contributed by atoms with Crippen molar-refractivity contribution in [3.8, 4) is 0 Å². The molecule has 2 aromatic carbocycles. The zero-order chi connectivity index (χ0) is 21.7. The maximum atomic E-state index is 12.4. The van der Waals surface area contributed by atoms with Gasteiger partial charge in [0.2, 0.25) is 11.8 Å². The highest BCUT2D eigenvalue weighted by atomic mass is 16.5. The Morgan fingerprint density at radius 1 is 1.07 bits per heavy atom. The van der Waals surface area contributed by atoms with E-state index >= 15 is 0 Å². The van der Waals surface area contributed by atoms with Gasteiger partial charge in [-0.2, -0.15) is 0 Å². The molecule has 0 saturated heterocycles. The van der Waals surface area contributed by atoms with Gasteiger partial charge in [0.1, 0.15) is 6.04 Å². The molecule has 0 bridgehead atoms. The second-order valence-corrected chi connectivity index (χ2v) is 7.18. The predicted octanol–water partition coefficient (Wildman–Crippen LogP) is 2.72. The van der Waals surface area contributed by atoms with Crippen LogP contribution in [0.5, 0.6) is 0 Å². The average Bonchev–Trinajstić information content (AvgIpc) is 2.82. The summed E-state index contributed by atoms with van der Waals surface area (Å²) in [5, 5.41) is 8.08. The molecule has 1 atom stereocenters. The van der Waals surface area contributed by atoms with Crippen molar-refractivity contribution in [1.29, 1.82) is 0 Å². The van der Waals surface area contributed by atoms with E-state index in [4.69, 9.17) is 4.74 Å². The lowest BCUT2D eigenvalue weighted by Gasteiger charge is -2.14. The van der Waals surface area contributed by atoms with Gasteiger partial charge in [0.05, 0.1) is 22.9 Å². The summed E-state index contributed by atoms with van der Waals surface area (Å²) in [4.78, 5) is 48.8. The lowest BCUT2D eigenvalue weighted by molar-refractivity contribution is -0.118. The number of hydrogen-bond acceptors (Lipinski definition) is 5. The van der Waals surface area contributed by atoms with Gasteiger partial charge in [0.15, 0.2) is 0 Å². The molecule has 2 aromatic rings. The molecule has 0 saturated carbocycles. The first kappa shape index (κ1) is 21.0. The zero-order valence-corrected chi connectivity index (χ0v) is 16.7. The van der Waals surface area contributed by atoms with Crippen molar-refractivity contribution in [3.05, 3.63) is 59.7 Å². The molecule has 3 rings (SSSR count). The van der Waals surface area contributed by atoms with E-state index in [2.05, 4.69) is 16.0 Å². The van der Waals surface area contributed by atoms with Gasteiger partial charge in [0, 0.05) is 12.1 Å². The van der Waals surface area contributed by atoms with Gasteiger partial charge in [-0.05, 0) is 56.7 Å². The molecule has 0 radical (unpaired) electrons. The molecule has 30 heavy (non-hydrogen) atoms. The quantitative estimate of drug-likeness (QED) is 0.635. The second kappa shape index (κ2) is 9.21. The summed E-state index contributed by atoms with van der Waals surface area (Å²) in [7, 11) is 0. The second-order valence-electron chi connectivity index (χ2n) is 7.18. The van der Waals surface area contributed by atoms with Crippen molar-refractivity contribution in [2.75, 3.05) is 10.6 Å². The normalized spacial score (nSPS) is 15.5. The molecule has 0 aromatic heterocycles. The van der Waals surface area contributed by atoms with E-state index in [1.165, 1.54) is 0 Å². The van der Waals surface area contributed by atoms with Crippen LogP contribution >= 0.6 is 0 Å². The molecule has 1 unspecified atom stereocenters. The minimum atomic E-state index is -0.816. The van der Waals surface area contributed by atoms with Gasteiger partial charge in [-0.25, -0.2) is 4.79 Å². The summed E-state index contributed by atoms with van der Waals surface area (Å²) in [6.07, 6.45) is -0.0338. The number of anilines is 2. The van der Waals surface area contributed by atoms with Crippen LogP contribution < -0.4 is 16.0 Å². The van der Waals surface area contributed by atoms with Gasteiger partial charge >= 0.3 is 5.97 Å². The molecule has 1 aliphatic rings. The Bertz CT molecular complexity index is 969. The maximum absolute atomic E-state index is 12.4. The highest BCUT2D eigenvalue weighted by molar-refractivity contribution is 6.10. The average molecular weight is 409 g/mol. The van der Waals surface area contributed by atoms with Crippen molar-refractivity contribution in [1.82, 2.24) is 5.32 Å². The van der Waals surface area contributed by atoms with E-state index in [9.17, 15) is 19.2 Å². The van der Waals surface area contributed by atoms with E-state index in [1.54, 1.807) is 62.4 Å². The van der Waals surface area contributed by atoms with Crippen molar-refractivity contribution in [3.63, 3.8) is 0 Å². The number of fused-ring (bicyclic) bond motifs is 1. The minimum Gasteiger partial charge on any atom is -0.459 e. The first-order valence-electron chi connectivity index (χ1n) is 9.65. The third kappa shape index (κ3) is 5.22. The highest BCUT2D eigenvalue weighted by Crippen LogP contribution is 2.19. The maximum Gasteiger partial charge on any atom is 0.338 e. The van der Waals surface area contributed by atoms with Gasteiger partial charge in [-0.1, -0.05) is 12.1 Å². The first-order chi connectivity index (χ1) is 14.3. The molecule has 1 aliphatic heterocycles. The summed E-state index contributed by atoms with van der Waals surface area (Å²) in [6.45, 7) is 3.53. The van der Waals surface area contributed by atoms with Gasteiger partial charge in [0.25, 0.3) is 5.91 Å². The first-order valence-corrected chi connectivity index (χ1v) is 9.65. The summed E-state index contributed by atoms with van der Waals surface area (Å²) < 4.78 is 5.12. The Morgan fingerprint density at radius 3 is 2.47 bits per heavy atom. The summed E-state index contributed by atoms with van der Waals surface area (Å²) in [6, 6.07) is 12.2. The molecular formula is C22H23N3O5. The molecule has 156 valence electrons. The van der Waals surface area contributed by atoms with Gasteiger partial charge < -0.3 is 20.7 Å². The fourth-order valence-corrected chi connectivity index (χ4v) is 2.99. The van der Waals surface area contributed by atoms with Crippen molar-refractivity contribution in [2.24, 2.45) is 0 Å². The number of carbonyl (C=O) groups is 4. The van der Waals surface area contributed by atoms with Crippen molar-refractivity contribution in [2.45, 2.75) is 38.8 Å². The SMILES string of the molecule is CC(C)OC(=O)c1ccc(NC(=O)CCC2NC(=O)c3ccccc3NC2=O)cc1. The third-order valence-corrected chi connectivity index (χ3v) is 4.46. The van der Waals surface area contributed by atoms with E-state index in [1.807, 2.05) is 0 Å². The number of hydrogen-bond donors (Lipinski definition) is 3. The Kier molecular flexibility index (Phi) is 6.46. The zero-order valence-electron chi connectivity index (χ0n) is 16.7. The van der Waals surface area contributed by atoms with Crippen molar-refractivity contribution < 1.29 is 23.9 Å². The van der Waals surface area contributed by atoms with Crippen LogP contribution in [0.25, 0.3) is 0 Å². The number of nitrogens with one attached hydrogen (secondary N) is 3. The van der Waals surface area contributed by atoms with Gasteiger partial charge in [-0.3, -0.25) is 14.4 Å². The van der Waals surface area contributed by atoms with Crippen LogP contribution in [0.4, 0.5) is 11.4 Å². The fourth-order valence-electron chi connectivity index (χ4n) is 2.99. The predicted molar refractivity (Wildman–Crippen MR) is 111 cm³/mol. The molecule has 0 fully saturated rings. The lowest BCUT2D eigenvalue weighted by Crippen LogP contribution is -2.41. The number of ether oxygens (including phenoxy) is 1. The Morgan fingerprint density at radius 2 is 1.77 bits per heavy atom. The molecule has 0 spiro atoms. The number of carbonyl (C=O) groups excluding carboxylic acids is 4. The smallest absolute Gasteiger partial charge is 0.338 e. The Balaban J connectivity index is 1.54. The van der Waals surface area contributed by atoms with Crippen LogP contribution in [-0.4, -0.2) is 35.8 Å². The van der Waals surface area contributed by atoms with Crippen LogP contribution in [0.15, 0.2) is 48.5 Å². The monoisotopic (exact) mass is 409 g/mol. The molecule has 8 heteroatoms. The van der Waals surface area contributed by atoms with Crippen LogP contribution in [0.1, 0.15) is 47.4 Å². The van der Waals surface area contributed by atoms with Crippen LogP contribution in [0.2, 0.25) is 0 Å². The van der Waals surface area contributed by atoms with E-state index < -0.39 is 12.0 Å². The van der Waals surface area contributed by atoms with Gasteiger partial charge in [-0.15, -0.1) is 0 Å². The number of amides is 3. The molecule has 3 amide bonds. The van der Waals surface area contributed by atoms with E-state index in [0.717, 1.165) is 0 Å². The number of para-hydroxylation sites is 1. The molecule has 0 aliphatic carbocycles. The minimum absolute atomic E-state index is 0.0336. The number of benzene rings is 2. The van der Waals surface area contributed by atoms with Crippen LogP contribution in [0.3, 0.4) is 0 Å². The van der Waals surface area contributed by atoms with Crippen LogP contribution in [0, 0.1) is 0 Å². The van der Waals surface area contributed by atoms with Crippen molar-refractivity contribution >= 4 is 35.1 Å². The number of rotatable bonds is 6. The molecule has 3 N–H and O–H groups in total. The van der Waals surface area contributed by atoms with E-state index in [0.29, 0.717) is 22.5 Å². The summed E-state index contributed by atoms with van der Waals surface area (Å²) in [5.41, 5.74) is 1.74. The third-order valence-electron chi connectivity index (χ3n) is 4.46. The Labute approximate surface area is 174 Å². The molecule has 1 heterocycles. The topological polar surface area (TPSA) is 114 Å². The largest absolute Gasteiger partial charge is 0.459 e.